The molecule has 1 aromatic heterocycles. The van der Waals surface area contributed by atoms with Gasteiger partial charge >= 0.3 is 5.97 Å². The van der Waals surface area contributed by atoms with Gasteiger partial charge in [0.2, 0.25) is 5.91 Å². The molecule has 0 spiro atoms. The van der Waals surface area contributed by atoms with Gasteiger partial charge in [-0.1, -0.05) is 19.1 Å². The summed E-state index contributed by atoms with van der Waals surface area (Å²) < 4.78 is 1.40. The molecule has 2 aromatic rings. The molecule has 1 aromatic carbocycles. The lowest BCUT2D eigenvalue weighted by atomic mass is 9.77. The zero-order chi connectivity index (χ0) is 19.6. The summed E-state index contributed by atoms with van der Waals surface area (Å²) in [5.74, 6) is -0.869. The molecule has 0 radical (unpaired) electrons. The third-order valence-electron chi connectivity index (χ3n) is 5.55. The molecule has 2 N–H and O–H groups in total. The molecule has 7 nitrogen and oxygen atoms in total. The van der Waals surface area contributed by atoms with Gasteiger partial charge < -0.3 is 10.4 Å². The van der Waals surface area contributed by atoms with Crippen LogP contribution in [-0.2, 0) is 16.1 Å². The molecule has 1 saturated carbocycles. The van der Waals surface area contributed by atoms with Crippen molar-refractivity contribution >= 4 is 22.8 Å². The lowest BCUT2D eigenvalue weighted by molar-refractivity contribution is -0.149. The third-order valence-corrected chi connectivity index (χ3v) is 5.55. The Labute approximate surface area is 157 Å². The van der Waals surface area contributed by atoms with Gasteiger partial charge in [0.1, 0.15) is 5.54 Å². The van der Waals surface area contributed by atoms with Crippen LogP contribution >= 0.6 is 0 Å². The Morgan fingerprint density at radius 3 is 2.70 bits per heavy atom. The van der Waals surface area contributed by atoms with Crippen molar-refractivity contribution in [1.29, 1.82) is 0 Å². The van der Waals surface area contributed by atoms with E-state index < -0.39 is 11.5 Å². The van der Waals surface area contributed by atoms with Crippen LogP contribution in [0, 0.1) is 12.8 Å². The Balaban J connectivity index is 1.70. The number of aliphatic carboxylic acids is 1. The molecule has 144 valence electrons. The van der Waals surface area contributed by atoms with E-state index in [-0.39, 0.29) is 24.4 Å². The van der Waals surface area contributed by atoms with Gasteiger partial charge in [0.05, 0.1) is 17.2 Å². The summed E-state index contributed by atoms with van der Waals surface area (Å²) in [5, 5.41) is 12.8. The highest BCUT2D eigenvalue weighted by atomic mass is 16.4. The van der Waals surface area contributed by atoms with Crippen molar-refractivity contribution < 1.29 is 14.7 Å². The first-order valence-electron chi connectivity index (χ1n) is 9.31. The topological polar surface area (TPSA) is 101 Å². The van der Waals surface area contributed by atoms with Gasteiger partial charge in [-0.2, -0.15) is 0 Å². The average molecular weight is 371 g/mol. The molecule has 0 aliphatic heterocycles. The highest BCUT2D eigenvalue weighted by molar-refractivity contribution is 5.87. The minimum atomic E-state index is -1.19. The molecule has 3 rings (SSSR count). The first kappa shape index (κ1) is 19.1. The molecule has 1 heterocycles. The molecule has 0 unspecified atom stereocenters. The second-order valence-electron chi connectivity index (χ2n) is 7.58. The lowest BCUT2D eigenvalue weighted by Crippen LogP contribution is -2.56. The van der Waals surface area contributed by atoms with Gasteiger partial charge in [0, 0.05) is 13.0 Å². The highest BCUT2D eigenvalue weighted by Gasteiger charge is 2.42. The molecule has 1 amide bonds. The van der Waals surface area contributed by atoms with E-state index in [4.69, 9.17) is 0 Å². The number of aryl methyl sites for hydroxylation is 2. The maximum absolute atomic E-state index is 12.6. The molecule has 0 bridgehead atoms. The summed E-state index contributed by atoms with van der Waals surface area (Å²) in [6.07, 6.45) is 3.90. The van der Waals surface area contributed by atoms with E-state index in [1.807, 2.05) is 13.0 Å². The van der Waals surface area contributed by atoms with E-state index in [0.717, 1.165) is 18.4 Å². The lowest BCUT2D eigenvalue weighted by Gasteiger charge is -2.36. The number of nitrogens with one attached hydrogen (secondary N) is 1. The van der Waals surface area contributed by atoms with Crippen LogP contribution in [0.2, 0.25) is 0 Å². The van der Waals surface area contributed by atoms with Crippen molar-refractivity contribution in [1.82, 2.24) is 14.9 Å². The number of fused-ring (bicyclic) bond motifs is 1. The number of carbonyl (C=O) groups is 2. The zero-order valence-electron chi connectivity index (χ0n) is 15.7. The van der Waals surface area contributed by atoms with Crippen LogP contribution in [0.15, 0.2) is 29.3 Å². The Kier molecular flexibility index (Phi) is 5.30. The zero-order valence-corrected chi connectivity index (χ0v) is 15.7. The monoisotopic (exact) mass is 371 g/mol. The molecular weight excluding hydrogens is 346 g/mol. The van der Waals surface area contributed by atoms with Crippen LogP contribution in [0.3, 0.4) is 0 Å². The average Bonchev–Trinajstić information content (AvgIpc) is 2.64. The summed E-state index contributed by atoms with van der Waals surface area (Å²) in [6.45, 7) is 4.14. The molecule has 7 heteroatoms. The van der Waals surface area contributed by atoms with Crippen molar-refractivity contribution in [2.75, 3.05) is 0 Å². The summed E-state index contributed by atoms with van der Waals surface area (Å²) in [5.41, 5.74) is 0.192. The predicted molar refractivity (Wildman–Crippen MR) is 101 cm³/mol. The first-order chi connectivity index (χ1) is 12.8. The van der Waals surface area contributed by atoms with Crippen LogP contribution < -0.4 is 10.9 Å². The van der Waals surface area contributed by atoms with E-state index >= 15 is 0 Å². The highest BCUT2D eigenvalue weighted by Crippen LogP contribution is 2.32. The van der Waals surface area contributed by atoms with Crippen LogP contribution in [0.1, 0.15) is 44.6 Å². The maximum Gasteiger partial charge on any atom is 0.329 e. The molecule has 0 saturated heterocycles. The smallest absolute Gasteiger partial charge is 0.329 e. The maximum atomic E-state index is 12.6. The van der Waals surface area contributed by atoms with E-state index in [1.165, 1.54) is 10.9 Å². The second-order valence-corrected chi connectivity index (χ2v) is 7.58. The number of carboxylic acids is 1. The fourth-order valence-corrected chi connectivity index (χ4v) is 3.70. The number of benzene rings is 1. The largest absolute Gasteiger partial charge is 0.480 e. The van der Waals surface area contributed by atoms with Gasteiger partial charge in [-0.3, -0.25) is 14.2 Å². The second kappa shape index (κ2) is 7.50. The van der Waals surface area contributed by atoms with Crippen LogP contribution in [-0.4, -0.2) is 32.1 Å². The van der Waals surface area contributed by atoms with Crippen LogP contribution in [0.5, 0.6) is 0 Å². The van der Waals surface area contributed by atoms with Gasteiger partial charge in [-0.15, -0.1) is 0 Å². The Morgan fingerprint density at radius 2 is 2.04 bits per heavy atom. The standard InChI is InChI=1S/C20H25N3O4/c1-13-6-9-20(10-7-13,19(26)27)22-16(24)8-11-23-12-21-17-14(2)4-3-5-15(17)18(23)25/h3-5,12-13H,6-11H2,1-2H3,(H,22,24)(H,26,27). The normalized spacial score (nSPS) is 22.5. The summed E-state index contributed by atoms with van der Waals surface area (Å²) in [7, 11) is 0. The quantitative estimate of drug-likeness (QED) is 0.839. The number of hydrogen-bond acceptors (Lipinski definition) is 4. The van der Waals surface area contributed by atoms with Crippen molar-refractivity contribution in [2.24, 2.45) is 5.92 Å². The minimum Gasteiger partial charge on any atom is -0.480 e. The molecule has 1 aliphatic carbocycles. The molecule has 1 fully saturated rings. The van der Waals surface area contributed by atoms with E-state index in [2.05, 4.69) is 17.2 Å². The third kappa shape index (κ3) is 3.86. The molecular formula is C20H25N3O4. The number of hydrogen-bond donors (Lipinski definition) is 2. The van der Waals surface area contributed by atoms with Crippen molar-refractivity contribution in [3.05, 3.63) is 40.4 Å². The number of para-hydroxylation sites is 1. The number of rotatable bonds is 5. The molecule has 1 aliphatic rings. The summed E-state index contributed by atoms with van der Waals surface area (Å²) in [4.78, 5) is 41.0. The molecule has 0 atom stereocenters. The van der Waals surface area contributed by atoms with Gasteiger partial charge in [0.15, 0.2) is 0 Å². The Hall–Kier alpha value is -2.70. The Bertz CT molecular complexity index is 926. The van der Waals surface area contributed by atoms with Gasteiger partial charge in [-0.05, 0) is 50.2 Å². The van der Waals surface area contributed by atoms with Crippen LogP contribution in [0.25, 0.3) is 10.9 Å². The van der Waals surface area contributed by atoms with Gasteiger partial charge in [0.25, 0.3) is 5.56 Å². The fraction of sp³-hybridized carbons (Fsp3) is 0.500. The Morgan fingerprint density at radius 1 is 1.33 bits per heavy atom. The number of aromatic nitrogens is 2. The summed E-state index contributed by atoms with van der Waals surface area (Å²) >= 11 is 0. The SMILES string of the molecule is Cc1cccc2c(=O)n(CCC(=O)NC3(C(=O)O)CCC(C)CC3)cnc12. The van der Waals surface area contributed by atoms with E-state index in [1.54, 1.807) is 12.1 Å². The van der Waals surface area contributed by atoms with E-state index in [0.29, 0.717) is 29.7 Å². The van der Waals surface area contributed by atoms with Crippen LogP contribution in [0.4, 0.5) is 0 Å². The van der Waals surface area contributed by atoms with Crippen molar-refractivity contribution in [2.45, 2.75) is 58.0 Å². The number of carboxylic acid groups (broad SMARTS) is 1. The fourth-order valence-electron chi connectivity index (χ4n) is 3.70. The van der Waals surface area contributed by atoms with Crippen molar-refractivity contribution in [3.63, 3.8) is 0 Å². The van der Waals surface area contributed by atoms with Gasteiger partial charge in [-0.25, -0.2) is 9.78 Å². The minimum absolute atomic E-state index is 0.0312. The van der Waals surface area contributed by atoms with Crippen molar-refractivity contribution in [3.8, 4) is 0 Å². The predicted octanol–water partition coefficient (Wildman–Crippen LogP) is 2.24. The first-order valence-corrected chi connectivity index (χ1v) is 9.31. The number of carbonyl (C=O) groups excluding carboxylic acids is 1. The molecule has 27 heavy (non-hydrogen) atoms. The number of amides is 1. The summed E-state index contributed by atoms with van der Waals surface area (Å²) in [6, 6.07) is 5.41. The van der Waals surface area contributed by atoms with E-state index in [9.17, 15) is 19.5 Å². The number of nitrogens with zero attached hydrogens (tertiary/aromatic N) is 2.